The van der Waals surface area contributed by atoms with E-state index in [0.717, 1.165) is 22.0 Å². The van der Waals surface area contributed by atoms with Crippen molar-refractivity contribution in [2.24, 2.45) is 0 Å². The molecule has 0 saturated heterocycles. The number of aromatic nitrogens is 2. The van der Waals surface area contributed by atoms with Crippen LogP contribution in [0.25, 0.3) is 10.9 Å². The lowest BCUT2D eigenvalue weighted by Crippen LogP contribution is -2.32. The molecule has 0 radical (unpaired) electrons. The highest BCUT2D eigenvalue weighted by Crippen LogP contribution is 2.17. The smallest absolute Gasteiger partial charge is 0.229 e. The molecule has 2 aromatic heterocycles. The molecule has 2 amide bonds. The molecule has 0 spiro atoms. The van der Waals surface area contributed by atoms with Crippen LogP contribution in [-0.2, 0) is 22.6 Å². The van der Waals surface area contributed by atoms with Crippen LogP contribution in [0.15, 0.2) is 55.0 Å². The molecule has 2 heterocycles. The number of H-pyrrole nitrogens is 1. The van der Waals surface area contributed by atoms with Crippen LogP contribution >= 0.6 is 0 Å². The van der Waals surface area contributed by atoms with Crippen molar-refractivity contribution in [2.75, 3.05) is 6.54 Å². The maximum Gasteiger partial charge on any atom is 0.229 e. The summed E-state index contributed by atoms with van der Waals surface area (Å²) in [4.78, 5) is 30.8. The first kappa shape index (κ1) is 16.7. The van der Waals surface area contributed by atoms with Crippen LogP contribution in [-0.4, -0.2) is 28.3 Å². The minimum atomic E-state index is -0.290. The lowest BCUT2D eigenvalue weighted by Gasteiger charge is -2.06. The predicted octanol–water partition coefficient (Wildman–Crippen LogP) is 1.93. The van der Waals surface area contributed by atoms with Gasteiger partial charge < -0.3 is 15.6 Å². The van der Waals surface area contributed by atoms with E-state index in [2.05, 4.69) is 26.7 Å². The number of fused-ring (bicyclic) bond motifs is 1. The fourth-order valence-corrected chi connectivity index (χ4v) is 2.65. The number of rotatable bonds is 7. The molecule has 0 saturated carbocycles. The van der Waals surface area contributed by atoms with Gasteiger partial charge in [-0.2, -0.15) is 0 Å². The normalized spacial score (nSPS) is 10.6. The third-order valence-electron chi connectivity index (χ3n) is 3.95. The van der Waals surface area contributed by atoms with E-state index in [1.54, 1.807) is 12.4 Å². The van der Waals surface area contributed by atoms with Crippen molar-refractivity contribution < 1.29 is 9.59 Å². The van der Waals surface area contributed by atoms with Crippen molar-refractivity contribution in [1.82, 2.24) is 20.6 Å². The zero-order valence-corrected chi connectivity index (χ0v) is 13.8. The molecular formula is C19H20N4O2. The number of carbonyl (C=O) groups excluding carboxylic acids is 2. The van der Waals surface area contributed by atoms with Crippen LogP contribution in [0.4, 0.5) is 0 Å². The van der Waals surface area contributed by atoms with Crippen LogP contribution in [0.5, 0.6) is 0 Å². The van der Waals surface area contributed by atoms with Crippen LogP contribution in [0.1, 0.15) is 17.5 Å². The summed E-state index contributed by atoms with van der Waals surface area (Å²) in [7, 11) is 0. The van der Waals surface area contributed by atoms with E-state index in [4.69, 9.17) is 0 Å². The van der Waals surface area contributed by atoms with E-state index >= 15 is 0 Å². The quantitative estimate of drug-likeness (QED) is 0.576. The maximum atomic E-state index is 11.9. The minimum Gasteiger partial charge on any atom is -0.361 e. The fraction of sp³-hybridized carbons (Fsp3) is 0.211. The molecule has 128 valence electrons. The first-order valence-corrected chi connectivity index (χ1v) is 8.19. The van der Waals surface area contributed by atoms with Gasteiger partial charge in [0, 0.05) is 42.6 Å². The van der Waals surface area contributed by atoms with Crippen LogP contribution < -0.4 is 10.6 Å². The van der Waals surface area contributed by atoms with E-state index < -0.39 is 0 Å². The van der Waals surface area contributed by atoms with Crippen molar-refractivity contribution in [2.45, 2.75) is 19.4 Å². The second-order valence-electron chi connectivity index (χ2n) is 5.77. The summed E-state index contributed by atoms with van der Waals surface area (Å²) in [6.45, 7) is 0.891. The molecule has 3 rings (SSSR count). The monoisotopic (exact) mass is 336 g/mol. The van der Waals surface area contributed by atoms with E-state index in [1.807, 2.05) is 36.5 Å². The van der Waals surface area contributed by atoms with Crippen molar-refractivity contribution >= 4 is 22.7 Å². The number of hydrogen-bond acceptors (Lipinski definition) is 3. The molecule has 6 heteroatoms. The summed E-state index contributed by atoms with van der Waals surface area (Å²) in [6.07, 6.45) is 5.84. The average Bonchev–Trinajstić information content (AvgIpc) is 3.04. The second-order valence-corrected chi connectivity index (χ2v) is 5.77. The number of aromatic amines is 1. The van der Waals surface area contributed by atoms with Crippen LogP contribution in [0.2, 0.25) is 0 Å². The third kappa shape index (κ3) is 4.67. The molecule has 0 atom stereocenters. The maximum absolute atomic E-state index is 11.9. The SMILES string of the molecule is O=C(CC(=O)NCc1ccncc1)NCCc1c[nH]c2ccccc12. The molecule has 3 aromatic rings. The molecule has 0 aliphatic carbocycles. The van der Waals surface area contributed by atoms with Crippen LogP contribution in [0.3, 0.4) is 0 Å². The molecule has 0 aliphatic rings. The van der Waals surface area contributed by atoms with Gasteiger partial charge in [0.05, 0.1) is 0 Å². The standard InChI is InChI=1S/C19H20N4O2/c24-18(11-19(25)23-12-14-5-8-20-9-6-14)21-10-7-15-13-22-17-4-2-1-3-16(15)17/h1-6,8-9,13,22H,7,10-12H2,(H,21,24)(H,23,25). The molecule has 25 heavy (non-hydrogen) atoms. The van der Waals surface area contributed by atoms with Gasteiger partial charge in [-0.25, -0.2) is 0 Å². The van der Waals surface area contributed by atoms with Gasteiger partial charge in [-0.1, -0.05) is 18.2 Å². The molecule has 6 nitrogen and oxygen atoms in total. The highest BCUT2D eigenvalue weighted by atomic mass is 16.2. The molecule has 1 aromatic carbocycles. The van der Waals surface area contributed by atoms with E-state index in [-0.39, 0.29) is 18.2 Å². The van der Waals surface area contributed by atoms with Gasteiger partial charge in [-0.3, -0.25) is 14.6 Å². The first-order valence-electron chi connectivity index (χ1n) is 8.19. The van der Waals surface area contributed by atoms with Crippen molar-refractivity contribution in [3.8, 4) is 0 Å². The summed E-state index contributed by atoms with van der Waals surface area (Å²) in [5, 5.41) is 6.68. The van der Waals surface area contributed by atoms with Gasteiger partial charge in [0.2, 0.25) is 11.8 Å². The summed E-state index contributed by atoms with van der Waals surface area (Å²) < 4.78 is 0. The highest BCUT2D eigenvalue weighted by Gasteiger charge is 2.09. The Morgan fingerprint density at radius 1 is 1.00 bits per heavy atom. The largest absolute Gasteiger partial charge is 0.361 e. The minimum absolute atomic E-state index is 0.168. The topological polar surface area (TPSA) is 86.9 Å². The Hall–Kier alpha value is -3.15. The zero-order chi connectivity index (χ0) is 17.5. The Balaban J connectivity index is 1.40. The first-order chi connectivity index (χ1) is 12.2. The van der Waals surface area contributed by atoms with Gasteiger partial charge in [0.15, 0.2) is 0 Å². The Labute approximate surface area is 145 Å². The number of benzene rings is 1. The third-order valence-corrected chi connectivity index (χ3v) is 3.95. The number of pyridine rings is 1. The lowest BCUT2D eigenvalue weighted by atomic mass is 10.1. The van der Waals surface area contributed by atoms with E-state index in [0.29, 0.717) is 19.5 Å². The molecule has 3 N–H and O–H groups in total. The summed E-state index contributed by atoms with van der Waals surface area (Å²) in [6, 6.07) is 11.7. The summed E-state index contributed by atoms with van der Waals surface area (Å²) in [5.74, 6) is -0.562. The predicted molar refractivity (Wildman–Crippen MR) is 95.7 cm³/mol. The van der Waals surface area contributed by atoms with E-state index in [1.165, 1.54) is 0 Å². The zero-order valence-electron chi connectivity index (χ0n) is 13.8. The Kier molecular flexibility index (Phi) is 5.41. The number of para-hydroxylation sites is 1. The summed E-state index contributed by atoms with van der Waals surface area (Å²) in [5.41, 5.74) is 3.18. The Morgan fingerprint density at radius 2 is 1.76 bits per heavy atom. The second kappa shape index (κ2) is 8.10. The molecule has 0 bridgehead atoms. The highest BCUT2D eigenvalue weighted by molar-refractivity contribution is 5.96. The number of carbonyl (C=O) groups is 2. The number of nitrogens with zero attached hydrogens (tertiary/aromatic N) is 1. The molecule has 0 unspecified atom stereocenters. The van der Waals surface area contributed by atoms with Gasteiger partial charge in [-0.05, 0) is 35.7 Å². The lowest BCUT2D eigenvalue weighted by molar-refractivity contribution is -0.129. The number of amides is 2. The van der Waals surface area contributed by atoms with E-state index in [9.17, 15) is 9.59 Å². The number of nitrogens with one attached hydrogen (secondary N) is 3. The fourth-order valence-electron chi connectivity index (χ4n) is 2.65. The van der Waals surface area contributed by atoms with Crippen molar-refractivity contribution in [1.29, 1.82) is 0 Å². The van der Waals surface area contributed by atoms with Crippen molar-refractivity contribution in [3.63, 3.8) is 0 Å². The molecule has 0 aliphatic heterocycles. The van der Waals surface area contributed by atoms with Gasteiger partial charge in [-0.15, -0.1) is 0 Å². The van der Waals surface area contributed by atoms with Crippen LogP contribution in [0, 0.1) is 0 Å². The molecular weight excluding hydrogens is 316 g/mol. The van der Waals surface area contributed by atoms with Gasteiger partial charge in [0.1, 0.15) is 6.42 Å². The average molecular weight is 336 g/mol. The Bertz CT molecular complexity index is 858. The van der Waals surface area contributed by atoms with Gasteiger partial charge >= 0.3 is 0 Å². The Morgan fingerprint density at radius 3 is 2.60 bits per heavy atom. The number of hydrogen-bond donors (Lipinski definition) is 3. The van der Waals surface area contributed by atoms with Gasteiger partial charge in [0.25, 0.3) is 0 Å². The molecule has 0 fully saturated rings. The summed E-state index contributed by atoms with van der Waals surface area (Å²) >= 11 is 0. The van der Waals surface area contributed by atoms with Crippen molar-refractivity contribution in [3.05, 3.63) is 66.1 Å².